The highest BCUT2D eigenvalue weighted by molar-refractivity contribution is 5.81. The van der Waals surface area contributed by atoms with E-state index in [9.17, 15) is 4.79 Å². The summed E-state index contributed by atoms with van der Waals surface area (Å²) in [6.07, 6.45) is 2.38. The van der Waals surface area contributed by atoms with Crippen LogP contribution in [0.25, 0.3) is 0 Å². The molecule has 0 rings (SSSR count). The van der Waals surface area contributed by atoms with E-state index in [1.54, 1.807) is 20.2 Å². The van der Waals surface area contributed by atoms with Gasteiger partial charge in [0.15, 0.2) is 0 Å². The summed E-state index contributed by atoms with van der Waals surface area (Å²) >= 11 is 0. The fourth-order valence-corrected chi connectivity index (χ4v) is 0.697. The van der Waals surface area contributed by atoms with E-state index in [2.05, 4.69) is 17.2 Å². The molecule has 0 spiro atoms. The van der Waals surface area contributed by atoms with E-state index in [0.717, 1.165) is 0 Å². The zero-order chi connectivity index (χ0) is 7.98. The molecule has 3 nitrogen and oxygen atoms in total. The molecule has 1 atom stereocenters. The van der Waals surface area contributed by atoms with Gasteiger partial charge in [0.1, 0.15) is 0 Å². The molecular weight excluding hydrogens is 128 g/mol. The molecule has 10 heavy (non-hydrogen) atoms. The molecule has 0 bridgehead atoms. The molecule has 2 N–H and O–H groups in total. The molecule has 0 radical (unpaired) electrons. The molecule has 58 valence electrons. The molecule has 1 amide bonds. The lowest BCUT2D eigenvalue weighted by molar-refractivity contribution is -0.122. The molecule has 0 saturated carbocycles. The maximum atomic E-state index is 10.9. The molecule has 0 aliphatic carbocycles. The van der Waals surface area contributed by atoms with Crippen LogP contribution in [-0.4, -0.2) is 26.0 Å². The number of hydrogen-bond acceptors (Lipinski definition) is 2. The van der Waals surface area contributed by atoms with Gasteiger partial charge in [0.2, 0.25) is 5.91 Å². The molecule has 0 saturated heterocycles. The van der Waals surface area contributed by atoms with Gasteiger partial charge < -0.3 is 10.6 Å². The van der Waals surface area contributed by atoms with Crippen LogP contribution in [0.15, 0.2) is 12.7 Å². The number of amides is 1. The van der Waals surface area contributed by atoms with Gasteiger partial charge in [-0.3, -0.25) is 4.79 Å². The van der Waals surface area contributed by atoms with Crippen LogP contribution >= 0.6 is 0 Å². The molecule has 0 heterocycles. The van der Waals surface area contributed by atoms with Crippen LogP contribution < -0.4 is 10.6 Å². The van der Waals surface area contributed by atoms with Crippen molar-refractivity contribution in [2.75, 3.05) is 14.1 Å². The highest BCUT2D eigenvalue weighted by Gasteiger charge is 2.10. The Labute approximate surface area is 61.5 Å². The fraction of sp³-hybridized carbons (Fsp3) is 0.571. The Morgan fingerprint density at radius 3 is 2.60 bits per heavy atom. The first-order valence-corrected chi connectivity index (χ1v) is 3.26. The van der Waals surface area contributed by atoms with E-state index in [1.807, 2.05) is 0 Å². The van der Waals surface area contributed by atoms with Crippen molar-refractivity contribution in [2.24, 2.45) is 0 Å². The third-order valence-electron chi connectivity index (χ3n) is 1.31. The summed E-state index contributed by atoms with van der Waals surface area (Å²) in [6, 6.07) is -0.137. The Hall–Kier alpha value is -0.830. The highest BCUT2D eigenvalue weighted by atomic mass is 16.2. The summed E-state index contributed by atoms with van der Waals surface area (Å²) in [5.41, 5.74) is 0. The van der Waals surface area contributed by atoms with Gasteiger partial charge in [-0.25, -0.2) is 0 Å². The van der Waals surface area contributed by atoms with Crippen LogP contribution in [0.5, 0.6) is 0 Å². The van der Waals surface area contributed by atoms with Crippen molar-refractivity contribution in [1.29, 1.82) is 0 Å². The quantitative estimate of drug-likeness (QED) is 0.538. The summed E-state index contributed by atoms with van der Waals surface area (Å²) in [7, 11) is 3.37. The van der Waals surface area contributed by atoms with Gasteiger partial charge in [0.05, 0.1) is 6.04 Å². The van der Waals surface area contributed by atoms with Crippen molar-refractivity contribution in [3.05, 3.63) is 12.7 Å². The number of carbonyl (C=O) groups excluding carboxylic acids is 1. The maximum absolute atomic E-state index is 10.9. The Kier molecular flexibility index (Phi) is 4.58. The maximum Gasteiger partial charge on any atom is 0.237 e. The van der Waals surface area contributed by atoms with Crippen molar-refractivity contribution in [3.63, 3.8) is 0 Å². The molecular formula is C7H14N2O. The molecule has 0 aromatic rings. The smallest absolute Gasteiger partial charge is 0.237 e. The average Bonchev–Trinajstić information content (AvgIpc) is 1.99. The molecule has 0 aromatic carbocycles. The van der Waals surface area contributed by atoms with Crippen LogP contribution in [0.3, 0.4) is 0 Å². The summed E-state index contributed by atoms with van der Waals surface area (Å²) < 4.78 is 0. The Balaban J connectivity index is 3.79. The van der Waals surface area contributed by atoms with Crippen LogP contribution in [0.1, 0.15) is 6.42 Å². The van der Waals surface area contributed by atoms with Gasteiger partial charge in [0.25, 0.3) is 0 Å². The summed E-state index contributed by atoms with van der Waals surface area (Å²) in [6.45, 7) is 3.55. The van der Waals surface area contributed by atoms with Gasteiger partial charge in [0, 0.05) is 7.05 Å². The van der Waals surface area contributed by atoms with E-state index >= 15 is 0 Å². The summed E-state index contributed by atoms with van der Waals surface area (Å²) in [4.78, 5) is 10.9. The van der Waals surface area contributed by atoms with Gasteiger partial charge in [-0.05, 0) is 13.5 Å². The second kappa shape index (κ2) is 4.99. The zero-order valence-corrected chi connectivity index (χ0v) is 6.48. The first-order chi connectivity index (χ1) is 4.76. The molecule has 0 aromatic heterocycles. The van der Waals surface area contributed by atoms with Crippen LogP contribution in [0, 0.1) is 0 Å². The number of hydrogen-bond donors (Lipinski definition) is 2. The summed E-state index contributed by atoms with van der Waals surface area (Å²) in [5.74, 6) is 0.00222. The van der Waals surface area contributed by atoms with E-state index < -0.39 is 0 Å². The van der Waals surface area contributed by atoms with Crippen molar-refractivity contribution in [3.8, 4) is 0 Å². The third kappa shape index (κ3) is 2.64. The lowest BCUT2D eigenvalue weighted by Gasteiger charge is -2.10. The van der Waals surface area contributed by atoms with E-state index in [1.165, 1.54) is 0 Å². The second-order valence-electron chi connectivity index (χ2n) is 1.98. The fourth-order valence-electron chi connectivity index (χ4n) is 0.697. The van der Waals surface area contributed by atoms with Gasteiger partial charge in [-0.2, -0.15) is 0 Å². The van der Waals surface area contributed by atoms with Crippen molar-refractivity contribution in [1.82, 2.24) is 10.6 Å². The van der Waals surface area contributed by atoms with E-state index in [-0.39, 0.29) is 11.9 Å². The van der Waals surface area contributed by atoms with Crippen molar-refractivity contribution >= 4 is 5.91 Å². The van der Waals surface area contributed by atoms with Crippen molar-refractivity contribution in [2.45, 2.75) is 12.5 Å². The number of nitrogens with one attached hydrogen (secondary N) is 2. The normalized spacial score (nSPS) is 12.2. The third-order valence-corrected chi connectivity index (χ3v) is 1.31. The van der Waals surface area contributed by atoms with Gasteiger partial charge in [-0.15, -0.1) is 6.58 Å². The topological polar surface area (TPSA) is 41.1 Å². The minimum atomic E-state index is -0.137. The molecule has 3 heteroatoms. The lowest BCUT2D eigenvalue weighted by Crippen LogP contribution is -2.40. The SMILES string of the molecule is C=CC[C@H](NC)C(=O)NC. The minimum absolute atomic E-state index is 0.00222. The standard InChI is InChI=1S/C7H14N2O/c1-4-5-6(8-2)7(10)9-3/h4,6,8H,1,5H2,2-3H3,(H,9,10)/t6-/m0/s1. The first-order valence-electron chi connectivity index (χ1n) is 3.26. The molecule has 0 aliphatic heterocycles. The first kappa shape index (κ1) is 9.17. The largest absolute Gasteiger partial charge is 0.358 e. The predicted molar refractivity (Wildman–Crippen MR) is 41.7 cm³/mol. The van der Waals surface area contributed by atoms with Crippen LogP contribution in [0.2, 0.25) is 0 Å². The Morgan fingerprint density at radius 2 is 2.30 bits per heavy atom. The van der Waals surface area contributed by atoms with Gasteiger partial charge in [-0.1, -0.05) is 6.08 Å². The number of likely N-dealkylation sites (N-methyl/N-ethyl adjacent to an activating group) is 2. The average molecular weight is 142 g/mol. The highest BCUT2D eigenvalue weighted by Crippen LogP contribution is 1.90. The Morgan fingerprint density at radius 1 is 1.70 bits per heavy atom. The monoisotopic (exact) mass is 142 g/mol. The lowest BCUT2D eigenvalue weighted by atomic mass is 10.2. The zero-order valence-electron chi connectivity index (χ0n) is 6.48. The van der Waals surface area contributed by atoms with Crippen LogP contribution in [-0.2, 0) is 4.79 Å². The van der Waals surface area contributed by atoms with Crippen LogP contribution in [0.4, 0.5) is 0 Å². The van der Waals surface area contributed by atoms with E-state index in [0.29, 0.717) is 6.42 Å². The molecule has 0 fully saturated rings. The number of rotatable bonds is 4. The van der Waals surface area contributed by atoms with Gasteiger partial charge >= 0.3 is 0 Å². The summed E-state index contributed by atoms with van der Waals surface area (Å²) in [5, 5.41) is 5.42. The second-order valence-corrected chi connectivity index (χ2v) is 1.98. The molecule has 0 aliphatic rings. The number of carbonyl (C=O) groups is 1. The van der Waals surface area contributed by atoms with E-state index in [4.69, 9.17) is 0 Å². The Bertz CT molecular complexity index is 123. The molecule has 0 unspecified atom stereocenters. The van der Waals surface area contributed by atoms with Crippen molar-refractivity contribution < 1.29 is 4.79 Å². The minimum Gasteiger partial charge on any atom is -0.358 e. The predicted octanol–water partition coefficient (Wildman–Crippen LogP) is -0.103.